The van der Waals surface area contributed by atoms with E-state index in [0.29, 0.717) is 25.6 Å². The van der Waals surface area contributed by atoms with E-state index >= 15 is 0 Å². The molecule has 0 spiro atoms. The highest BCUT2D eigenvalue weighted by molar-refractivity contribution is 14.0. The molecule has 0 aliphatic rings. The molecule has 0 fully saturated rings. The molecule has 0 atom stereocenters. The molecule has 0 saturated carbocycles. The molecule has 1 heterocycles. The van der Waals surface area contributed by atoms with Gasteiger partial charge in [0.2, 0.25) is 0 Å². The molecule has 1 aromatic heterocycles. The van der Waals surface area contributed by atoms with Crippen LogP contribution in [0.15, 0.2) is 34.6 Å². The van der Waals surface area contributed by atoms with Crippen molar-refractivity contribution in [1.29, 1.82) is 0 Å². The first-order chi connectivity index (χ1) is 12.1. The lowest BCUT2D eigenvalue weighted by Crippen LogP contribution is -2.36. The zero-order valence-corrected chi connectivity index (χ0v) is 19.1. The maximum absolute atomic E-state index is 5.19. The number of benzene rings is 1. The molecular weight excluding hydrogens is 459 g/mol. The first-order valence-electron chi connectivity index (χ1n) is 8.65. The van der Waals surface area contributed by atoms with E-state index in [2.05, 4.69) is 65.0 Å². The smallest absolute Gasteiger partial charge is 0.191 e. The number of thiazole rings is 1. The van der Waals surface area contributed by atoms with Crippen LogP contribution in [0.1, 0.15) is 48.5 Å². The van der Waals surface area contributed by atoms with Gasteiger partial charge >= 0.3 is 0 Å². The molecule has 2 rings (SSSR count). The zero-order valence-electron chi connectivity index (χ0n) is 15.9. The Bertz CT molecular complexity index is 688. The third kappa shape index (κ3) is 7.59. The Morgan fingerprint density at radius 1 is 1.27 bits per heavy atom. The van der Waals surface area contributed by atoms with Crippen LogP contribution < -0.4 is 10.6 Å². The van der Waals surface area contributed by atoms with Gasteiger partial charge in [0.15, 0.2) is 5.96 Å². The van der Waals surface area contributed by atoms with Crippen molar-refractivity contribution in [1.82, 2.24) is 15.6 Å². The molecule has 144 valence electrons. The quantitative estimate of drug-likeness (QED) is 0.331. The summed E-state index contributed by atoms with van der Waals surface area (Å²) >= 11 is 1.69. The number of ether oxygens (including phenoxy) is 1. The minimum absolute atomic E-state index is 0. The number of rotatable bonds is 8. The second-order valence-corrected chi connectivity index (χ2v) is 7.07. The molecule has 2 N–H and O–H groups in total. The van der Waals surface area contributed by atoms with E-state index in [1.807, 2.05) is 6.07 Å². The monoisotopic (exact) mass is 488 g/mol. The number of nitrogens with zero attached hydrogens (tertiary/aromatic N) is 2. The van der Waals surface area contributed by atoms with E-state index in [4.69, 9.17) is 4.74 Å². The van der Waals surface area contributed by atoms with Crippen LogP contribution in [-0.4, -0.2) is 24.6 Å². The number of aromatic nitrogens is 1. The summed E-state index contributed by atoms with van der Waals surface area (Å²) in [6.07, 6.45) is 0. The summed E-state index contributed by atoms with van der Waals surface area (Å²) in [4.78, 5) is 9.32. The molecule has 0 radical (unpaired) electrons. The second-order valence-electron chi connectivity index (χ2n) is 6.12. The summed E-state index contributed by atoms with van der Waals surface area (Å²) in [6.45, 7) is 9.15. The van der Waals surface area contributed by atoms with Gasteiger partial charge in [0.25, 0.3) is 0 Å². The zero-order chi connectivity index (χ0) is 18.1. The van der Waals surface area contributed by atoms with Gasteiger partial charge in [-0.2, -0.15) is 0 Å². The topological polar surface area (TPSA) is 58.5 Å². The highest BCUT2D eigenvalue weighted by Gasteiger charge is 2.06. The summed E-state index contributed by atoms with van der Waals surface area (Å²) in [6, 6.07) is 8.33. The lowest BCUT2D eigenvalue weighted by atomic mass is 10.1. The first-order valence-corrected chi connectivity index (χ1v) is 9.53. The Hall–Kier alpha value is -1.19. The van der Waals surface area contributed by atoms with Crippen LogP contribution in [0.3, 0.4) is 0 Å². The predicted molar refractivity (Wildman–Crippen MR) is 120 cm³/mol. The molecule has 0 unspecified atom stereocenters. The van der Waals surface area contributed by atoms with Crippen molar-refractivity contribution in [3.05, 3.63) is 51.5 Å². The Morgan fingerprint density at radius 3 is 2.69 bits per heavy atom. The lowest BCUT2D eigenvalue weighted by Gasteiger charge is -2.10. The van der Waals surface area contributed by atoms with Crippen molar-refractivity contribution in [2.75, 3.05) is 13.7 Å². The largest absolute Gasteiger partial charge is 0.380 e. The van der Waals surface area contributed by atoms with Gasteiger partial charge in [-0.05, 0) is 24.0 Å². The number of nitrogens with one attached hydrogen (secondary N) is 2. The summed E-state index contributed by atoms with van der Waals surface area (Å²) in [5.41, 5.74) is 3.49. The van der Waals surface area contributed by atoms with Crippen LogP contribution >= 0.6 is 35.3 Å². The van der Waals surface area contributed by atoms with Gasteiger partial charge in [0.05, 0.1) is 25.4 Å². The average molecular weight is 488 g/mol. The first kappa shape index (κ1) is 22.9. The molecule has 0 saturated heterocycles. The second kappa shape index (κ2) is 12.2. The van der Waals surface area contributed by atoms with E-state index < -0.39 is 0 Å². The van der Waals surface area contributed by atoms with Gasteiger partial charge in [0, 0.05) is 19.0 Å². The summed E-state index contributed by atoms with van der Waals surface area (Å²) in [5.74, 6) is 1.27. The molecule has 1 aromatic carbocycles. The number of hydrogen-bond donors (Lipinski definition) is 2. The van der Waals surface area contributed by atoms with Crippen LogP contribution in [-0.2, 0) is 24.4 Å². The van der Waals surface area contributed by atoms with Crippen molar-refractivity contribution in [3.8, 4) is 0 Å². The Kier molecular flexibility index (Phi) is 10.8. The van der Waals surface area contributed by atoms with Gasteiger partial charge < -0.3 is 15.4 Å². The fourth-order valence-electron chi connectivity index (χ4n) is 2.33. The van der Waals surface area contributed by atoms with Crippen molar-refractivity contribution in [2.45, 2.75) is 46.4 Å². The van der Waals surface area contributed by atoms with Crippen LogP contribution in [0, 0.1) is 0 Å². The minimum Gasteiger partial charge on any atom is -0.380 e. The average Bonchev–Trinajstić information content (AvgIpc) is 3.07. The van der Waals surface area contributed by atoms with E-state index in [0.717, 1.165) is 28.8 Å². The molecule has 5 nitrogen and oxygen atoms in total. The van der Waals surface area contributed by atoms with Gasteiger partial charge in [0.1, 0.15) is 5.01 Å². The fourth-order valence-corrected chi connectivity index (χ4v) is 3.22. The normalized spacial score (nSPS) is 11.3. The van der Waals surface area contributed by atoms with Gasteiger partial charge in [-0.15, -0.1) is 35.3 Å². The number of halogens is 1. The highest BCUT2D eigenvalue weighted by Crippen LogP contribution is 2.17. The molecule has 0 aliphatic carbocycles. The third-order valence-corrected chi connectivity index (χ3v) is 4.50. The molecule has 7 heteroatoms. The van der Waals surface area contributed by atoms with Crippen molar-refractivity contribution < 1.29 is 4.74 Å². The highest BCUT2D eigenvalue weighted by atomic mass is 127. The molecular formula is C19H29IN4OS. The van der Waals surface area contributed by atoms with Crippen LogP contribution in [0.25, 0.3) is 0 Å². The van der Waals surface area contributed by atoms with Crippen molar-refractivity contribution in [2.24, 2.45) is 4.99 Å². The van der Waals surface area contributed by atoms with Gasteiger partial charge in [-0.25, -0.2) is 9.98 Å². The molecule has 0 bridgehead atoms. The van der Waals surface area contributed by atoms with E-state index in [9.17, 15) is 0 Å². The van der Waals surface area contributed by atoms with E-state index in [1.54, 1.807) is 18.4 Å². The summed E-state index contributed by atoms with van der Waals surface area (Å²) in [7, 11) is 1.71. The molecule has 0 aliphatic heterocycles. The SMILES string of the molecule is CCNC(=NCc1cccc(COC)c1)NCc1nc(C(C)C)cs1.I. The Labute approximate surface area is 177 Å². The van der Waals surface area contributed by atoms with Crippen LogP contribution in [0.4, 0.5) is 0 Å². The molecule has 26 heavy (non-hydrogen) atoms. The third-order valence-electron chi connectivity index (χ3n) is 3.63. The Morgan fingerprint density at radius 2 is 2.04 bits per heavy atom. The number of aliphatic imine (C=N–C) groups is 1. The van der Waals surface area contributed by atoms with Crippen molar-refractivity contribution in [3.63, 3.8) is 0 Å². The van der Waals surface area contributed by atoms with Gasteiger partial charge in [-0.1, -0.05) is 38.1 Å². The fraction of sp³-hybridized carbons (Fsp3) is 0.474. The molecule has 2 aromatic rings. The number of guanidine groups is 1. The lowest BCUT2D eigenvalue weighted by molar-refractivity contribution is 0.185. The number of methoxy groups -OCH3 is 1. The van der Waals surface area contributed by atoms with Crippen molar-refractivity contribution >= 4 is 41.3 Å². The maximum Gasteiger partial charge on any atom is 0.191 e. The Balaban J connectivity index is 0.00000338. The standard InChI is InChI=1S/C19H28N4OS.HI/c1-5-20-19(22-11-18-23-17(13-25-18)14(2)3)21-10-15-7-6-8-16(9-15)12-24-4;/h6-9,13-14H,5,10-12H2,1-4H3,(H2,20,21,22);1H. The van der Waals surface area contributed by atoms with E-state index in [-0.39, 0.29) is 24.0 Å². The summed E-state index contributed by atoms with van der Waals surface area (Å²) in [5, 5.41) is 9.86. The van der Waals surface area contributed by atoms with Crippen LogP contribution in [0.2, 0.25) is 0 Å². The minimum atomic E-state index is 0. The molecule has 0 amide bonds. The van der Waals surface area contributed by atoms with Crippen LogP contribution in [0.5, 0.6) is 0 Å². The van der Waals surface area contributed by atoms with E-state index in [1.165, 1.54) is 5.56 Å². The maximum atomic E-state index is 5.19. The summed E-state index contributed by atoms with van der Waals surface area (Å²) < 4.78 is 5.19. The predicted octanol–water partition coefficient (Wildman–Crippen LogP) is 4.29. The number of hydrogen-bond acceptors (Lipinski definition) is 4. The van der Waals surface area contributed by atoms with Gasteiger partial charge in [-0.3, -0.25) is 0 Å².